The van der Waals surface area contributed by atoms with Crippen molar-refractivity contribution in [1.82, 2.24) is 5.16 Å². The fourth-order valence-electron chi connectivity index (χ4n) is 2.21. The van der Waals surface area contributed by atoms with E-state index in [9.17, 15) is 9.90 Å². The van der Waals surface area contributed by atoms with Gasteiger partial charge in [0.05, 0.1) is 5.56 Å². The molecule has 2 aromatic carbocycles. The second-order valence-electron chi connectivity index (χ2n) is 4.77. The number of aromatic nitrogens is 1. The SMILES string of the molecule is Cc1ccc(-c2c(C(=O)O)noc2-c2ccccc2)cc1. The molecule has 4 heteroatoms. The molecule has 0 bridgehead atoms. The number of carboxylic acid groups (broad SMARTS) is 1. The Morgan fingerprint density at radius 1 is 1.00 bits per heavy atom. The van der Waals surface area contributed by atoms with Crippen LogP contribution in [0.1, 0.15) is 16.1 Å². The number of rotatable bonds is 3. The fraction of sp³-hybridized carbons (Fsp3) is 0.0588. The fourth-order valence-corrected chi connectivity index (χ4v) is 2.21. The van der Waals surface area contributed by atoms with Crippen LogP contribution in [-0.2, 0) is 0 Å². The Kier molecular flexibility index (Phi) is 3.28. The van der Waals surface area contributed by atoms with E-state index in [0.717, 1.165) is 16.7 Å². The van der Waals surface area contributed by atoms with Gasteiger partial charge in [-0.3, -0.25) is 0 Å². The van der Waals surface area contributed by atoms with E-state index in [1.54, 1.807) is 0 Å². The summed E-state index contributed by atoms with van der Waals surface area (Å²) in [6, 6.07) is 17.0. The Morgan fingerprint density at radius 3 is 2.29 bits per heavy atom. The second kappa shape index (κ2) is 5.25. The largest absolute Gasteiger partial charge is 0.476 e. The molecule has 21 heavy (non-hydrogen) atoms. The lowest BCUT2D eigenvalue weighted by Gasteiger charge is -2.03. The summed E-state index contributed by atoms with van der Waals surface area (Å²) in [5, 5.41) is 13.0. The zero-order valence-electron chi connectivity index (χ0n) is 11.4. The van der Waals surface area contributed by atoms with Gasteiger partial charge >= 0.3 is 5.97 Å². The molecule has 1 heterocycles. The van der Waals surface area contributed by atoms with Crippen LogP contribution < -0.4 is 0 Å². The van der Waals surface area contributed by atoms with E-state index in [-0.39, 0.29) is 5.69 Å². The van der Waals surface area contributed by atoms with Crippen LogP contribution >= 0.6 is 0 Å². The van der Waals surface area contributed by atoms with E-state index in [4.69, 9.17) is 4.52 Å². The van der Waals surface area contributed by atoms with E-state index in [1.807, 2.05) is 61.5 Å². The molecule has 0 saturated carbocycles. The Bertz CT molecular complexity index is 774. The van der Waals surface area contributed by atoms with Gasteiger partial charge in [0.15, 0.2) is 11.5 Å². The zero-order chi connectivity index (χ0) is 14.8. The topological polar surface area (TPSA) is 63.3 Å². The molecular weight excluding hydrogens is 266 g/mol. The van der Waals surface area contributed by atoms with Crippen molar-refractivity contribution in [2.45, 2.75) is 6.92 Å². The summed E-state index contributed by atoms with van der Waals surface area (Å²) < 4.78 is 5.30. The van der Waals surface area contributed by atoms with Gasteiger partial charge in [-0.1, -0.05) is 65.3 Å². The summed E-state index contributed by atoms with van der Waals surface area (Å²) >= 11 is 0. The predicted octanol–water partition coefficient (Wildman–Crippen LogP) is 4.02. The van der Waals surface area contributed by atoms with E-state index in [2.05, 4.69) is 5.16 Å². The first-order valence-corrected chi connectivity index (χ1v) is 6.52. The van der Waals surface area contributed by atoms with Gasteiger partial charge in [0.2, 0.25) is 0 Å². The van der Waals surface area contributed by atoms with E-state index in [1.165, 1.54) is 0 Å². The molecule has 0 aliphatic carbocycles. The number of carboxylic acids is 1. The minimum absolute atomic E-state index is 0.0716. The Balaban J connectivity index is 2.23. The highest BCUT2D eigenvalue weighted by atomic mass is 16.5. The summed E-state index contributed by atoms with van der Waals surface area (Å²) in [7, 11) is 0. The Hall–Kier alpha value is -2.88. The van der Waals surface area contributed by atoms with Crippen molar-refractivity contribution in [3.05, 3.63) is 65.9 Å². The third kappa shape index (κ3) is 2.43. The van der Waals surface area contributed by atoms with Crippen LogP contribution in [0.4, 0.5) is 0 Å². The number of carbonyl (C=O) groups is 1. The highest BCUT2D eigenvalue weighted by Gasteiger charge is 2.23. The molecule has 104 valence electrons. The predicted molar refractivity (Wildman–Crippen MR) is 79.1 cm³/mol. The molecular formula is C17H13NO3. The van der Waals surface area contributed by atoms with Gasteiger partial charge in [0, 0.05) is 5.56 Å². The van der Waals surface area contributed by atoms with Crippen molar-refractivity contribution in [2.75, 3.05) is 0 Å². The average Bonchev–Trinajstić information content (AvgIpc) is 2.94. The number of nitrogens with zero attached hydrogens (tertiary/aromatic N) is 1. The lowest BCUT2D eigenvalue weighted by molar-refractivity contribution is 0.0686. The lowest BCUT2D eigenvalue weighted by atomic mass is 9.98. The monoisotopic (exact) mass is 279 g/mol. The van der Waals surface area contributed by atoms with Crippen LogP contribution in [0.3, 0.4) is 0 Å². The number of aryl methyl sites for hydroxylation is 1. The van der Waals surface area contributed by atoms with Gasteiger partial charge in [-0.05, 0) is 12.5 Å². The second-order valence-corrected chi connectivity index (χ2v) is 4.77. The van der Waals surface area contributed by atoms with Crippen molar-refractivity contribution in [3.8, 4) is 22.5 Å². The molecule has 0 fully saturated rings. The minimum Gasteiger partial charge on any atom is -0.476 e. The first kappa shape index (κ1) is 13.1. The normalized spacial score (nSPS) is 10.5. The summed E-state index contributed by atoms with van der Waals surface area (Å²) in [5.41, 5.74) is 3.12. The zero-order valence-corrected chi connectivity index (χ0v) is 11.4. The molecule has 0 atom stereocenters. The van der Waals surface area contributed by atoms with Crippen LogP contribution in [-0.4, -0.2) is 16.2 Å². The van der Waals surface area contributed by atoms with Crippen molar-refractivity contribution < 1.29 is 14.4 Å². The van der Waals surface area contributed by atoms with E-state index >= 15 is 0 Å². The van der Waals surface area contributed by atoms with Gasteiger partial charge in [0.25, 0.3) is 0 Å². The summed E-state index contributed by atoms with van der Waals surface area (Å²) in [4.78, 5) is 11.4. The molecule has 3 aromatic rings. The van der Waals surface area contributed by atoms with Gasteiger partial charge in [-0.2, -0.15) is 0 Å². The Labute approximate surface area is 121 Å². The molecule has 1 aromatic heterocycles. The van der Waals surface area contributed by atoms with Crippen molar-refractivity contribution >= 4 is 5.97 Å². The van der Waals surface area contributed by atoms with Crippen molar-refractivity contribution in [1.29, 1.82) is 0 Å². The van der Waals surface area contributed by atoms with Crippen LogP contribution in [0, 0.1) is 6.92 Å². The summed E-state index contributed by atoms with van der Waals surface area (Å²) in [5.74, 6) is -0.631. The molecule has 4 nitrogen and oxygen atoms in total. The van der Waals surface area contributed by atoms with Crippen LogP contribution in [0.2, 0.25) is 0 Å². The van der Waals surface area contributed by atoms with Crippen LogP contribution in [0.25, 0.3) is 22.5 Å². The highest BCUT2D eigenvalue weighted by molar-refractivity contribution is 5.98. The molecule has 0 aliphatic heterocycles. The standard InChI is InChI=1S/C17H13NO3/c1-11-7-9-12(10-8-11)14-15(17(19)20)18-21-16(14)13-5-3-2-4-6-13/h2-10H,1H3,(H,19,20). The maximum absolute atomic E-state index is 11.4. The molecule has 1 N–H and O–H groups in total. The molecule has 0 saturated heterocycles. The average molecular weight is 279 g/mol. The highest BCUT2D eigenvalue weighted by Crippen LogP contribution is 2.35. The molecule has 0 amide bonds. The van der Waals surface area contributed by atoms with Gasteiger partial charge in [-0.25, -0.2) is 4.79 Å². The maximum Gasteiger partial charge on any atom is 0.358 e. The summed E-state index contributed by atoms with van der Waals surface area (Å²) in [6.07, 6.45) is 0. The minimum atomic E-state index is -1.10. The molecule has 0 unspecified atom stereocenters. The molecule has 3 rings (SSSR count). The third-order valence-corrected chi connectivity index (χ3v) is 3.27. The summed E-state index contributed by atoms with van der Waals surface area (Å²) in [6.45, 7) is 1.98. The number of benzene rings is 2. The Morgan fingerprint density at radius 2 is 1.67 bits per heavy atom. The van der Waals surface area contributed by atoms with Crippen LogP contribution in [0.5, 0.6) is 0 Å². The van der Waals surface area contributed by atoms with E-state index in [0.29, 0.717) is 11.3 Å². The quantitative estimate of drug-likeness (QED) is 0.786. The number of hydrogen-bond donors (Lipinski definition) is 1. The van der Waals surface area contributed by atoms with Gasteiger partial charge in [-0.15, -0.1) is 0 Å². The van der Waals surface area contributed by atoms with Crippen LogP contribution in [0.15, 0.2) is 59.1 Å². The van der Waals surface area contributed by atoms with Gasteiger partial charge in [0.1, 0.15) is 0 Å². The smallest absolute Gasteiger partial charge is 0.358 e. The molecule has 0 aliphatic rings. The number of hydrogen-bond acceptors (Lipinski definition) is 3. The lowest BCUT2D eigenvalue weighted by Crippen LogP contribution is -1.99. The maximum atomic E-state index is 11.4. The molecule has 0 radical (unpaired) electrons. The number of aromatic carboxylic acids is 1. The molecule has 0 spiro atoms. The van der Waals surface area contributed by atoms with E-state index < -0.39 is 5.97 Å². The van der Waals surface area contributed by atoms with Crippen molar-refractivity contribution in [3.63, 3.8) is 0 Å². The first-order valence-electron chi connectivity index (χ1n) is 6.52. The van der Waals surface area contributed by atoms with Crippen molar-refractivity contribution in [2.24, 2.45) is 0 Å². The third-order valence-electron chi connectivity index (χ3n) is 3.27. The van der Waals surface area contributed by atoms with Gasteiger partial charge < -0.3 is 9.63 Å². The first-order chi connectivity index (χ1) is 10.2.